The van der Waals surface area contributed by atoms with Crippen molar-refractivity contribution in [3.63, 3.8) is 0 Å². The molecule has 0 radical (unpaired) electrons. The molecule has 38 heavy (non-hydrogen) atoms. The summed E-state index contributed by atoms with van der Waals surface area (Å²) in [5, 5.41) is 0. The molecule has 0 spiro atoms. The molecule has 208 valence electrons. The summed E-state index contributed by atoms with van der Waals surface area (Å²) in [6.07, 6.45) is 0.677. The zero-order valence-corrected chi connectivity index (χ0v) is 24.1. The summed E-state index contributed by atoms with van der Waals surface area (Å²) in [4.78, 5) is 15.0. The van der Waals surface area contributed by atoms with Gasteiger partial charge >= 0.3 is 0 Å². The highest BCUT2D eigenvalue weighted by atomic mass is 32.2. The average molecular weight is 545 g/mol. The average Bonchev–Trinajstić information content (AvgIpc) is 3.26. The molecule has 2 aliphatic heterocycles. The molecule has 8 nitrogen and oxygen atoms in total. The van der Waals surface area contributed by atoms with Crippen LogP contribution < -0.4 is 4.74 Å². The molecule has 2 heterocycles. The van der Waals surface area contributed by atoms with Crippen molar-refractivity contribution in [3.8, 4) is 5.75 Å². The molecule has 2 aliphatic rings. The van der Waals surface area contributed by atoms with Crippen LogP contribution in [0.15, 0.2) is 42.5 Å². The first-order valence-corrected chi connectivity index (χ1v) is 14.7. The number of methoxy groups -OCH3 is 1. The number of benzene rings is 2. The number of carbonyl (C=O) groups excluding carboxylic acids is 1. The van der Waals surface area contributed by atoms with Crippen molar-refractivity contribution in [1.29, 1.82) is 0 Å². The second kappa shape index (κ2) is 11.3. The van der Waals surface area contributed by atoms with Gasteiger partial charge in [0.1, 0.15) is 18.0 Å². The molecule has 3 atom stereocenters. The van der Waals surface area contributed by atoms with Crippen molar-refractivity contribution >= 4 is 15.9 Å². The van der Waals surface area contributed by atoms with E-state index in [9.17, 15) is 13.2 Å². The molecular formula is C29H40N2O6S. The van der Waals surface area contributed by atoms with Crippen LogP contribution >= 0.6 is 0 Å². The van der Waals surface area contributed by atoms with E-state index in [0.29, 0.717) is 49.4 Å². The molecule has 2 saturated heterocycles. The molecule has 4 rings (SSSR count). The van der Waals surface area contributed by atoms with Crippen molar-refractivity contribution in [1.82, 2.24) is 9.21 Å². The number of amides is 1. The summed E-state index contributed by atoms with van der Waals surface area (Å²) in [6.45, 7) is 9.25. The summed E-state index contributed by atoms with van der Waals surface area (Å²) in [5.41, 5.74) is 2.96. The lowest BCUT2D eigenvalue weighted by atomic mass is 9.94. The Hall–Kier alpha value is -2.46. The number of hydrogen-bond acceptors (Lipinski definition) is 6. The number of aryl methyl sites for hydroxylation is 2. The van der Waals surface area contributed by atoms with Crippen LogP contribution in [0.4, 0.5) is 0 Å². The summed E-state index contributed by atoms with van der Waals surface area (Å²) in [6, 6.07) is 12.9. The Kier molecular flexibility index (Phi) is 8.52. The van der Waals surface area contributed by atoms with Crippen LogP contribution in [0.3, 0.4) is 0 Å². The van der Waals surface area contributed by atoms with Crippen molar-refractivity contribution in [2.45, 2.75) is 70.1 Å². The zero-order valence-electron chi connectivity index (χ0n) is 23.3. The van der Waals surface area contributed by atoms with Crippen LogP contribution in [0.2, 0.25) is 0 Å². The first-order valence-electron chi connectivity index (χ1n) is 13.1. The molecule has 2 fully saturated rings. The summed E-state index contributed by atoms with van der Waals surface area (Å²) < 4.78 is 45.7. The van der Waals surface area contributed by atoms with E-state index >= 15 is 0 Å². The Labute approximate surface area is 226 Å². The van der Waals surface area contributed by atoms with Crippen molar-refractivity contribution in [3.05, 3.63) is 64.7 Å². The van der Waals surface area contributed by atoms with Crippen LogP contribution in [-0.2, 0) is 25.2 Å². The van der Waals surface area contributed by atoms with Gasteiger partial charge in [-0.2, -0.15) is 0 Å². The van der Waals surface area contributed by atoms with Gasteiger partial charge in [-0.05, 0) is 69.9 Å². The standard InChI is InChI=1S/C29H40N2O6S/c1-20-10-11-21(2)25(14-20)28(32)31-17-26(35-6)27(18-31)37-24-9-7-8-22(15-24)19-38(33,34)30(5)23-12-13-36-29(3,4)16-23/h7-11,14-15,23,26-27H,12-13,16-19H2,1-6H3/t23?,26-,27-/m1/s1. The molecule has 0 N–H and O–H groups in total. The highest BCUT2D eigenvalue weighted by Gasteiger charge is 2.38. The number of carbonyl (C=O) groups is 1. The quantitative estimate of drug-likeness (QED) is 0.501. The largest absolute Gasteiger partial charge is 0.486 e. The van der Waals surface area contributed by atoms with E-state index in [-0.39, 0.29) is 35.5 Å². The molecule has 9 heteroatoms. The highest BCUT2D eigenvalue weighted by Crippen LogP contribution is 2.30. The monoisotopic (exact) mass is 544 g/mol. The van der Waals surface area contributed by atoms with Gasteiger partial charge in [0.2, 0.25) is 10.0 Å². The third-order valence-corrected chi connectivity index (χ3v) is 9.46. The Balaban J connectivity index is 1.43. The van der Waals surface area contributed by atoms with Gasteiger partial charge in [0, 0.05) is 32.4 Å². The molecule has 2 aromatic rings. The highest BCUT2D eigenvalue weighted by molar-refractivity contribution is 7.88. The lowest BCUT2D eigenvalue weighted by Gasteiger charge is -2.39. The normalized spacial score (nSPS) is 23.6. The van der Waals surface area contributed by atoms with Gasteiger partial charge in [-0.1, -0.05) is 29.8 Å². The van der Waals surface area contributed by atoms with Crippen LogP contribution in [-0.4, -0.2) is 81.2 Å². The fourth-order valence-electron chi connectivity index (χ4n) is 5.32. The number of likely N-dealkylation sites (tertiary alicyclic amines) is 1. The maximum atomic E-state index is 13.3. The van der Waals surface area contributed by atoms with E-state index in [4.69, 9.17) is 14.2 Å². The molecule has 1 unspecified atom stereocenters. The van der Waals surface area contributed by atoms with Gasteiger partial charge in [0.25, 0.3) is 5.91 Å². The topological polar surface area (TPSA) is 85.4 Å². The van der Waals surface area contributed by atoms with Crippen LogP contribution in [0.1, 0.15) is 53.7 Å². The lowest BCUT2D eigenvalue weighted by molar-refractivity contribution is -0.0708. The summed E-state index contributed by atoms with van der Waals surface area (Å²) in [7, 11) is -0.264. The van der Waals surface area contributed by atoms with Crippen molar-refractivity contribution in [2.24, 2.45) is 0 Å². The van der Waals surface area contributed by atoms with Crippen LogP contribution in [0.25, 0.3) is 0 Å². The molecule has 1 amide bonds. The second-order valence-corrected chi connectivity index (χ2v) is 13.2. The SMILES string of the molecule is CO[C@@H]1CN(C(=O)c2cc(C)ccc2C)C[C@H]1Oc1cccc(CS(=O)(=O)N(C)C2CCOC(C)(C)C2)c1. The number of ether oxygens (including phenoxy) is 3. The molecule has 0 aromatic heterocycles. The Morgan fingerprint density at radius 1 is 1.13 bits per heavy atom. The number of sulfonamides is 1. The van der Waals surface area contributed by atoms with E-state index in [2.05, 4.69) is 0 Å². The molecule has 2 aromatic carbocycles. The number of hydrogen-bond donors (Lipinski definition) is 0. The third kappa shape index (κ3) is 6.57. The number of nitrogens with zero attached hydrogens (tertiary/aromatic N) is 2. The van der Waals surface area contributed by atoms with E-state index in [1.54, 1.807) is 37.3 Å². The predicted molar refractivity (Wildman–Crippen MR) is 147 cm³/mol. The van der Waals surface area contributed by atoms with Crippen LogP contribution in [0, 0.1) is 13.8 Å². The Morgan fingerprint density at radius 2 is 1.87 bits per heavy atom. The zero-order chi connectivity index (χ0) is 27.7. The number of rotatable bonds is 8. The van der Waals surface area contributed by atoms with Gasteiger partial charge in [-0.15, -0.1) is 0 Å². The van der Waals surface area contributed by atoms with Gasteiger partial charge in [-0.25, -0.2) is 12.7 Å². The smallest absolute Gasteiger partial charge is 0.254 e. The maximum absolute atomic E-state index is 13.3. The maximum Gasteiger partial charge on any atom is 0.254 e. The van der Waals surface area contributed by atoms with E-state index in [1.165, 1.54) is 4.31 Å². The minimum Gasteiger partial charge on any atom is -0.486 e. The lowest BCUT2D eigenvalue weighted by Crippen LogP contribution is -2.46. The van der Waals surface area contributed by atoms with E-state index in [1.807, 2.05) is 52.0 Å². The minimum absolute atomic E-state index is 0.0430. The predicted octanol–water partition coefficient (Wildman–Crippen LogP) is 3.94. The third-order valence-electron chi connectivity index (χ3n) is 7.59. The van der Waals surface area contributed by atoms with E-state index in [0.717, 1.165) is 11.1 Å². The van der Waals surface area contributed by atoms with E-state index < -0.39 is 10.0 Å². The fourth-order valence-corrected chi connectivity index (χ4v) is 6.76. The first kappa shape index (κ1) is 28.5. The first-order chi connectivity index (χ1) is 17.9. The molecule has 0 saturated carbocycles. The summed E-state index contributed by atoms with van der Waals surface area (Å²) in [5.74, 6) is 0.396. The molecular weight excluding hydrogens is 504 g/mol. The molecule has 0 aliphatic carbocycles. The minimum atomic E-state index is -3.54. The summed E-state index contributed by atoms with van der Waals surface area (Å²) >= 11 is 0. The van der Waals surface area contributed by atoms with Gasteiger partial charge in [-0.3, -0.25) is 4.79 Å². The second-order valence-electron chi connectivity index (χ2n) is 11.1. The van der Waals surface area contributed by atoms with Gasteiger partial charge in [0.05, 0.1) is 24.4 Å². The van der Waals surface area contributed by atoms with Crippen molar-refractivity contribution < 1.29 is 27.4 Å². The fraction of sp³-hybridized carbons (Fsp3) is 0.552. The Morgan fingerprint density at radius 3 is 2.58 bits per heavy atom. The molecule has 0 bridgehead atoms. The van der Waals surface area contributed by atoms with Gasteiger partial charge in [0.15, 0.2) is 0 Å². The van der Waals surface area contributed by atoms with Crippen molar-refractivity contribution in [2.75, 3.05) is 33.9 Å². The van der Waals surface area contributed by atoms with Crippen LogP contribution in [0.5, 0.6) is 5.75 Å². The Bertz CT molecular complexity index is 1260. The van der Waals surface area contributed by atoms with Gasteiger partial charge < -0.3 is 19.1 Å².